The number of aryl methyl sites for hydroxylation is 2. The van der Waals surface area contributed by atoms with Crippen LogP contribution in [0.2, 0.25) is 0 Å². The van der Waals surface area contributed by atoms with Crippen molar-refractivity contribution in [3.8, 4) is 5.75 Å². The van der Waals surface area contributed by atoms with Gasteiger partial charge in [-0.15, -0.1) is 0 Å². The molecule has 0 aliphatic rings. The summed E-state index contributed by atoms with van der Waals surface area (Å²) in [6.07, 6.45) is 2.70. The summed E-state index contributed by atoms with van der Waals surface area (Å²) in [7, 11) is 0. The van der Waals surface area contributed by atoms with Crippen LogP contribution in [0.3, 0.4) is 0 Å². The molecular formula is C33H32FNO4. The Morgan fingerprint density at radius 1 is 0.821 bits per heavy atom. The zero-order valence-electron chi connectivity index (χ0n) is 21.9. The van der Waals surface area contributed by atoms with Gasteiger partial charge in [0.1, 0.15) is 5.82 Å². The van der Waals surface area contributed by atoms with Crippen LogP contribution in [0, 0.1) is 5.82 Å². The number of hydrogen-bond donors (Lipinski definition) is 1. The van der Waals surface area contributed by atoms with Crippen molar-refractivity contribution in [3.05, 3.63) is 137 Å². The standard InChI is InChI=1S/C33H32FNO4/c1-24(36)38-39-30-16-8-10-25(22-30)11-9-21-35-33(37)32-20-18-29(34)23-28(32)17-19-31(26-12-4-2-5-13-26)27-14-6-3-7-15-27/h2-8,10,12-16,18,20,22-23,31H,9,11,17,19,21H2,1H3,(H,35,37). The van der Waals surface area contributed by atoms with E-state index in [1.54, 1.807) is 18.2 Å². The van der Waals surface area contributed by atoms with E-state index in [9.17, 15) is 14.0 Å². The molecule has 200 valence electrons. The molecular weight excluding hydrogens is 493 g/mol. The molecule has 1 N–H and O–H groups in total. The number of hydrogen-bond acceptors (Lipinski definition) is 4. The molecule has 0 saturated heterocycles. The van der Waals surface area contributed by atoms with Gasteiger partial charge in [-0.25, -0.2) is 9.18 Å². The summed E-state index contributed by atoms with van der Waals surface area (Å²) in [5.41, 5.74) is 4.55. The van der Waals surface area contributed by atoms with Crippen LogP contribution in [0.4, 0.5) is 4.39 Å². The molecule has 0 heterocycles. The van der Waals surface area contributed by atoms with Crippen LogP contribution in [0.5, 0.6) is 5.75 Å². The lowest BCUT2D eigenvalue weighted by atomic mass is 9.85. The fourth-order valence-corrected chi connectivity index (χ4v) is 4.64. The van der Waals surface area contributed by atoms with Crippen molar-refractivity contribution in [1.29, 1.82) is 0 Å². The van der Waals surface area contributed by atoms with Gasteiger partial charge in [0, 0.05) is 24.9 Å². The first kappa shape index (κ1) is 27.6. The highest BCUT2D eigenvalue weighted by Gasteiger charge is 2.17. The van der Waals surface area contributed by atoms with Gasteiger partial charge in [0.2, 0.25) is 0 Å². The van der Waals surface area contributed by atoms with Crippen molar-refractivity contribution in [2.45, 2.75) is 38.5 Å². The maximum absolute atomic E-state index is 14.2. The van der Waals surface area contributed by atoms with E-state index in [0.717, 1.165) is 12.0 Å². The molecule has 5 nitrogen and oxygen atoms in total. The number of carbonyl (C=O) groups is 2. The molecule has 0 aliphatic heterocycles. The first-order chi connectivity index (χ1) is 19.0. The molecule has 1 amide bonds. The average molecular weight is 526 g/mol. The zero-order chi connectivity index (χ0) is 27.5. The summed E-state index contributed by atoms with van der Waals surface area (Å²) in [5, 5.41) is 2.97. The van der Waals surface area contributed by atoms with E-state index < -0.39 is 5.97 Å². The van der Waals surface area contributed by atoms with Gasteiger partial charge in [-0.05, 0) is 78.3 Å². The lowest BCUT2D eigenvalue weighted by Crippen LogP contribution is -2.26. The Morgan fingerprint density at radius 2 is 1.51 bits per heavy atom. The Morgan fingerprint density at radius 3 is 2.18 bits per heavy atom. The molecule has 0 unspecified atom stereocenters. The fourth-order valence-electron chi connectivity index (χ4n) is 4.64. The van der Waals surface area contributed by atoms with Crippen LogP contribution in [0.1, 0.15) is 58.3 Å². The van der Waals surface area contributed by atoms with Crippen LogP contribution in [0.15, 0.2) is 103 Å². The number of nitrogens with one attached hydrogen (secondary N) is 1. The normalized spacial score (nSPS) is 10.7. The Bertz CT molecular complexity index is 1340. The van der Waals surface area contributed by atoms with Gasteiger partial charge in [0.15, 0.2) is 5.75 Å². The second kappa shape index (κ2) is 13.9. The molecule has 6 heteroatoms. The minimum Gasteiger partial charge on any atom is -0.352 e. The average Bonchev–Trinajstić information content (AvgIpc) is 2.96. The SMILES string of the molecule is CC(=O)OOc1cccc(CCCNC(=O)c2ccc(F)cc2CCC(c2ccccc2)c2ccccc2)c1. The zero-order valence-corrected chi connectivity index (χ0v) is 21.9. The molecule has 0 radical (unpaired) electrons. The van der Waals surface area contributed by atoms with Gasteiger partial charge in [-0.3, -0.25) is 14.6 Å². The van der Waals surface area contributed by atoms with Crippen molar-refractivity contribution >= 4 is 11.9 Å². The second-order valence-corrected chi connectivity index (χ2v) is 9.38. The molecule has 39 heavy (non-hydrogen) atoms. The smallest absolute Gasteiger partial charge is 0.352 e. The summed E-state index contributed by atoms with van der Waals surface area (Å²) >= 11 is 0. The Kier molecular flexibility index (Phi) is 9.84. The monoisotopic (exact) mass is 525 g/mol. The van der Waals surface area contributed by atoms with E-state index in [1.165, 1.54) is 30.2 Å². The molecule has 4 aromatic carbocycles. The van der Waals surface area contributed by atoms with E-state index >= 15 is 0 Å². The summed E-state index contributed by atoms with van der Waals surface area (Å²) < 4.78 is 14.2. The van der Waals surface area contributed by atoms with E-state index in [1.807, 2.05) is 48.5 Å². The van der Waals surface area contributed by atoms with E-state index in [0.29, 0.717) is 42.7 Å². The Balaban J connectivity index is 1.37. The maximum Gasteiger partial charge on any atom is 0.352 e. The molecule has 0 spiro atoms. The van der Waals surface area contributed by atoms with Gasteiger partial charge in [-0.2, -0.15) is 0 Å². The predicted molar refractivity (Wildman–Crippen MR) is 149 cm³/mol. The molecule has 4 rings (SSSR count). The minimum absolute atomic E-state index is 0.132. The Labute approximate surface area is 228 Å². The number of benzene rings is 4. The number of halogens is 1. The van der Waals surface area contributed by atoms with Crippen molar-refractivity contribution in [3.63, 3.8) is 0 Å². The van der Waals surface area contributed by atoms with E-state index in [2.05, 4.69) is 34.5 Å². The Hall–Kier alpha value is -4.45. The van der Waals surface area contributed by atoms with E-state index in [4.69, 9.17) is 4.89 Å². The molecule has 0 bridgehead atoms. The van der Waals surface area contributed by atoms with Crippen LogP contribution in [-0.4, -0.2) is 18.4 Å². The van der Waals surface area contributed by atoms with E-state index in [-0.39, 0.29) is 17.6 Å². The van der Waals surface area contributed by atoms with Crippen molar-refractivity contribution in [2.75, 3.05) is 6.54 Å². The minimum atomic E-state index is -0.529. The van der Waals surface area contributed by atoms with Crippen LogP contribution >= 0.6 is 0 Å². The second-order valence-electron chi connectivity index (χ2n) is 9.38. The third-order valence-corrected chi connectivity index (χ3v) is 6.50. The summed E-state index contributed by atoms with van der Waals surface area (Å²) in [6, 6.07) is 32.1. The quantitative estimate of drug-likeness (QED) is 0.125. The van der Waals surface area contributed by atoms with Crippen LogP contribution in [0.25, 0.3) is 0 Å². The third-order valence-electron chi connectivity index (χ3n) is 6.50. The van der Waals surface area contributed by atoms with Crippen molar-refractivity contribution in [2.24, 2.45) is 0 Å². The van der Waals surface area contributed by atoms with Crippen LogP contribution < -0.4 is 10.2 Å². The van der Waals surface area contributed by atoms with Gasteiger partial charge in [-0.1, -0.05) is 72.8 Å². The van der Waals surface area contributed by atoms with Gasteiger partial charge in [0.25, 0.3) is 5.91 Å². The van der Waals surface area contributed by atoms with Gasteiger partial charge >= 0.3 is 5.97 Å². The highest BCUT2D eigenvalue weighted by atomic mass is 19.1. The van der Waals surface area contributed by atoms with Crippen molar-refractivity contribution < 1.29 is 23.8 Å². The summed E-state index contributed by atoms with van der Waals surface area (Å²) in [4.78, 5) is 33.6. The lowest BCUT2D eigenvalue weighted by molar-refractivity contribution is -0.210. The number of carbonyl (C=O) groups excluding carboxylic acids is 2. The first-order valence-electron chi connectivity index (χ1n) is 13.1. The number of amides is 1. The van der Waals surface area contributed by atoms with Gasteiger partial charge < -0.3 is 5.32 Å². The van der Waals surface area contributed by atoms with Crippen LogP contribution in [-0.2, 0) is 22.5 Å². The van der Waals surface area contributed by atoms with Gasteiger partial charge in [0.05, 0.1) is 0 Å². The molecule has 0 fully saturated rings. The summed E-state index contributed by atoms with van der Waals surface area (Å²) in [6.45, 7) is 1.73. The van der Waals surface area contributed by atoms with Crippen molar-refractivity contribution in [1.82, 2.24) is 5.32 Å². The highest BCUT2D eigenvalue weighted by molar-refractivity contribution is 5.95. The number of rotatable bonds is 12. The lowest BCUT2D eigenvalue weighted by Gasteiger charge is -2.19. The predicted octanol–water partition coefficient (Wildman–Crippen LogP) is 6.81. The molecule has 0 aromatic heterocycles. The molecule has 0 saturated carbocycles. The fraction of sp³-hybridized carbons (Fsp3) is 0.212. The third kappa shape index (κ3) is 8.27. The topological polar surface area (TPSA) is 64.6 Å². The molecule has 0 aliphatic carbocycles. The molecule has 4 aromatic rings. The first-order valence-corrected chi connectivity index (χ1v) is 13.1. The maximum atomic E-state index is 14.2. The summed E-state index contributed by atoms with van der Waals surface area (Å²) in [5.74, 6) is -0.528. The highest BCUT2D eigenvalue weighted by Crippen LogP contribution is 2.30. The molecule has 0 atom stereocenters. The largest absolute Gasteiger partial charge is 0.352 e.